The van der Waals surface area contributed by atoms with Gasteiger partial charge < -0.3 is 9.47 Å². The maximum absolute atomic E-state index is 12.2. The third-order valence-electron chi connectivity index (χ3n) is 3.84. The quantitative estimate of drug-likeness (QED) is 0.794. The van der Waals surface area contributed by atoms with E-state index in [1.807, 2.05) is 0 Å². The minimum absolute atomic E-state index is 0.223. The molecule has 1 fully saturated rings. The smallest absolute Gasteiger partial charge is 0.456 e. The van der Waals surface area contributed by atoms with Crippen molar-refractivity contribution in [2.24, 2.45) is 0 Å². The van der Waals surface area contributed by atoms with Crippen LogP contribution in [0.15, 0.2) is 30.3 Å². The van der Waals surface area contributed by atoms with Gasteiger partial charge in [0.2, 0.25) is 0 Å². The fourth-order valence-electron chi connectivity index (χ4n) is 2.50. The average molecular weight is 330 g/mol. The molecule has 0 heterocycles. The Morgan fingerprint density at radius 3 is 2.22 bits per heavy atom. The van der Waals surface area contributed by atoms with E-state index in [0.29, 0.717) is 18.4 Å². The number of ether oxygens (including phenoxy) is 2. The third kappa shape index (κ3) is 4.71. The predicted molar refractivity (Wildman–Crippen MR) is 74.7 cm³/mol. The van der Waals surface area contributed by atoms with Crippen molar-refractivity contribution in [3.05, 3.63) is 35.9 Å². The minimum atomic E-state index is -4.99. The molecule has 23 heavy (non-hydrogen) atoms. The molecule has 0 bridgehead atoms. The molecular weight excluding hydrogens is 313 g/mol. The van der Waals surface area contributed by atoms with Crippen molar-refractivity contribution in [2.75, 3.05) is 0 Å². The van der Waals surface area contributed by atoms with Crippen LogP contribution in [0.5, 0.6) is 0 Å². The first-order valence-corrected chi connectivity index (χ1v) is 7.26. The fourth-order valence-corrected chi connectivity index (χ4v) is 2.50. The van der Waals surface area contributed by atoms with Gasteiger partial charge in [0.25, 0.3) is 0 Å². The lowest BCUT2D eigenvalue weighted by molar-refractivity contribution is -0.207. The summed E-state index contributed by atoms with van der Waals surface area (Å²) in [6.07, 6.45) is -4.67. The summed E-state index contributed by atoms with van der Waals surface area (Å²) in [5.74, 6) is -2.65. The summed E-state index contributed by atoms with van der Waals surface area (Å²) < 4.78 is 46.4. The Bertz CT molecular complexity index is 560. The average Bonchev–Trinajstić information content (AvgIpc) is 2.49. The van der Waals surface area contributed by atoms with E-state index in [-0.39, 0.29) is 12.8 Å². The molecule has 126 valence electrons. The number of halogens is 3. The SMILES string of the molecule is CC1(OC(=O)c2ccccc2)CCC(OC(=O)C(F)(F)F)CC1. The maximum atomic E-state index is 12.2. The van der Waals surface area contributed by atoms with Gasteiger partial charge in [0.05, 0.1) is 5.56 Å². The molecule has 4 nitrogen and oxygen atoms in total. The third-order valence-corrected chi connectivity index (χ3v) is 3.84. The Balaban J connectivity index is 1.87. The first-order valence-electron chi connectivity index (χ1n) is 7.26. The number of carbonyl (C=O) groups is 2. The van der Waals surface area contributed by atoms with Crippen molar-refractivity contribution >= 4 is 11.9 Å². The van der Waals surface area contributed by atoms with Crippen LogP contribution < -0.4 is 0 Å². The van der Waals surface area contributed by atoms with E-state index in [2.05, 4.69) is 4.74 Å². The van der Waals surface area contributed by atoms with Crippen LogP contribution in [0, 0.1) is 0 Å². The lowest BCUT2D eigenvalue weighted by Crippen LogP contribution is -2.40. The number of carbonyl (C=O) groups excluding carboxylic acids is 2. The van der Waals surface area contributed by atoms with Gasteiger partial charge in [0.15, 0.2) is 0 Å². The second kappa shape index (κ2) is 6.60. The molecule has 0 amide bonds. The Kier molecular flexibility index (Phi) is 4.97. The summed E-state index contributed by atoms with van der Waals surface area (Å²) in [7, 11) is 0. The molecule has 0 saturated heterocycles. The van der Waals surface area contributed by atoms with E-state index in [1.165, 1.54) is 0 Å². The zero-order valence-electron chi connectivity index (χ0n) is 12.6. The van der Waals surface area contributed by atoms with E-state index in [4.69, 9.17) is 4.74 Å². The first-order chi connectivity index (χ1) is 10.7. The first kappa shape index (κ1) is 17.3. The van der Waals surface area contributed by atoms with Gasteiger partial charge in [0, 0.05) is 0 Å². The number of hydrogen-bond donors (Lipinski definition) is 0. The maximum Gasteiger partial charge on any atom is 0.490 e. The highest BCUT2D eigenvalue weighted by molar-refractivity contribution is 5.89. The van der Waals surface area contributed by atoms with Crippen molar-refractivity contribution in [3.8, 4) is 0 Å². The molecule has 0 atom stereocenters. The van der Waals surface area contributed by atoms with Crippen LogP contribution in [-0.4, -0.2) is 29.8 Å². The van der Waals surface area contributed by atoms with Crippen LogP contribution in [0.25, 0.3) is 0 Å². The molecule has 1 aromatic carbocycles. The van der Waals surface area contributed by atoms with Crippen molar-refractivity contribution in [1.82, 2.24) is 0 Å². The fraction of sp³-hybridized carbons (Fsp3) is 0.500. The molecule has 1 aliphatic carbocycles. The molecule has 0 unspecified atom stereocenters. The molecular formula is C16H17F3O4. The lowest BCUT2D eigenvalue weighted by atomic mass is 9.84. The highest BCUT2D eigenvalue weighted by atomic mass is 19.4. The molecule has 0 spiro atoms. The van der Waals surface area contributed by atoms with Gasteiger partial charge in [-0.15, -0.1) is 0 Å². The summed E-state index contributed by atoms with van der Waals surface area (Å²) in [4.78, 5) is 22.9. The molecule has 0 aliphatic heterocycles. The van der Waals surface area contributed by atoms with Gasteiger partial charge in [-0.1, -0.05) is 18.2 Å². The highest BCUT2D eigenvalue weighted by Gasteiger charge is 2.44. The molecule has 0 radical (unpaired) electrons. The van der Waals surface area contributed by atoms with E-state index >= 15 is 0 Å². The summed E-state index contributed by atoms with van der Waals surface area (Å²) in [6, 6.07) is 8.46. The molecule has 0 aromatic heterocycles. The second-order valence-corrected chi connectivity index (χ2v) is 5.81. The van der Waals surface area contributed by atoms with Crippen molar-refractivity contribution < 1.29 is 32.2 Å². The van der Waals surface area contributed by atoms with Gasteiger partial charge in [-0.25, -0.2) is 9.59 Å². The van der Waals surface area contributed by atoms with Crippen LogP contribution in [-0.2, 0) is 14.3 Å². The standard InChI is InChI=1S/C16H17F3O4/c1-15(23-13(20)11-5-3-2-4-6-11)9-7-12(8-10-15)22-14(21)16(17,18)19/h2-6,12H,7-10H2,1H3. The van der Waals surface area contributed by atoms with Gasteiger partial charge in [0.1, 0.15) is 11.7 Å². The summed E-state index contributed by atoms with van der Waals surface area (Å²) >= 11 is 0. The molecule has 2 rings (SSSR count). The van der Waals surface area contributed by atoms with Crippen LogP contribution in [0.2, 0.25) is 0 Å². The van der Waals surface area contributed by atoms with E-state index in [1.54, 1.807) is 37.3 Å². The largest absolute Gasteiger partial charge is 0.490 e. The van der Waals surface area contributed by atoms with E-state index in [9.17, 15) is 22.8 Å². The van der Waals surface area contributed by atoms with Crippen LogP contribution in [0.3, 0.4) is 0 Å². The summed E-state index contributed by atoms with van der Waals surface area (Å²) in [5, 5.41) is 0. The lowest BCUT2D eigenvalue weighted by Gasteiger charge is -2.36. The number of hydrogen-bond acceptors (Lipinski definition) is 4. The van der Waals surface area contributed by atoms with Crippen molar-refractivity contribution in [3.63, 3.8) is 0 Å². The van der Waals surface area contributed by atoms with Gasteiger partial charge in [-0.05, 0) is 44.7 Å². The van der Waals surface area contributed by atoms with Crippen LogP contribution in [0.4, 0.5) is 13.2 Å². The van der Waals surface area contributed by atoms with Crippen molar-refractivity contribution in [2.45, 2.75) is 50.5 Å². The normalized spacial score (nSPS) is 24.8. The molecule has 1 saturated carbocycles. The Hall–Kier alpha value is -2.05. The molecule has 0 N–H and O–H groups in total. The van der Waals surface area contributed by atoms with Gasteiger partial charge in [-0.2, -0.15) is 13.2 Å². The van der Waals surface area contributed by atoms with Crippen LogP contribution >= 0.6 is 0 Å². The number of rotatable bonds is 3. The zero-order chi connectivity index (χ0) is 17.1. The molecule has 7 heteroatoms. The van der Waals surface area contributed by atoms with Gasteiger partial charge in [-0.3, -0.25) is 0 Å². The number of alkyl halides is 3. The summed E-state index contributed by atoms with van der Waals surface area (Å²) in [5.41, 5.74) is -0.354. The highest BCUT2D eigenvalue weighted by Crippen LogP contribution is 2.34. The van der Waals surface area contributed by atoms with Crippen LogP contribution in [0.1, 0.15) is 43.0 Å². The number of benzene rings is 1. The number of esters is 2. The summed E-state index contributed by atoms with van der Waals surface area (Å²) in [6.45, 7) is 1.73. The molecule has 1 aliphatic rings. The predicted octanol–water partition coefficient (Wildman–Crippen LogP) is 3.65. The topological polar surface area (TPSA) is 52.6 Å². The molecule has 1 aromatic rings. The Morgan fingerprint density at radius 1 is 1.13 bits per heavy atom. The minimum Gasteiger partial charge on any atom is -0.456 e. The zero-order valence-corrected chi connectivity index (χ0v) is 12.6. The second-order valence-electron chi connectivity index (χ2n) is 5.81. The van der Waals surface area contributed by atoms with Gasteiger partial charge >= 0.3 is 18.1 Å². The Labute approximate surface area is 131 Å². The monoisotopic (exact) mass is 330 g/mol. The van der Waals surface area contributed by atoms with E-state index in [0.717, 1.165) is 0 Å². The van der Waals surface area contributed by atoms with Crippen molar-refractivity contribution in [1.29, 1.82) is 0 Å². The Morgan fingerprint density at radius 2 is 1.70 bits per heavy atom. The van der Waals surface area contributed by atoms with E-state index < -0.39 is 29.8 Å².